The average Bonchev–Trinajstić information content (AvgIpc) is 3.43. The fourth-order valence-corrected chi connectivity index (χ4v) is 6.15. The highest BCUT2D eigenvalue weighted by Crippen LogP contribution is 2.43. The van der Waals surface area contributed by atoms with E-state index in [-0.39, 0.29) is 22.4 Å². The smallest absolute Gasteiger partial charge is 0.416 e. The van der Waals surface area contributed by atoms with Crippen molar-refractivity contribution < 1.29 is 22.7 Å². The first kappa shape index (κ1) is 28.4. The Morgan fingerprint density at radius 3 is 2.61 bits per heavy atom. The van der Waals surface area contributed by atoms with E-state index < -0.39 is 11.7 Å². The minimum atomic E-state index is -4.62. The molecule has 41 heavy (non-hydrogen) atoms. The number of nitrogens with zero attached hydrogens (tertiary/aromatic N) is 4. The molecule has 0 spiro atoms. The summed E-state index contributed by atoms with van der Waals surface area (Å²) in [6.07, 6.45) is -1.47. The molecule has 1 N–H and O–H groups in total. The zero-order chi connectivity index (χ0) is 29.0. The minimum Gasteiger partial charge on any atom is -0.453 e. The zero-order valence-corrected chi connectivity index (χ0v) is 23.4. The quantitative estimate of drug-likeness (QED) is 0.216. The van der Waals surface area contributed by atoms with Crippen molar-refractivity contribution in [3.8, 4) is 11.5 Å². The molecule has 0 radical (unpaired) electrons. The lowest BCUT2D eigenvalue weighted by molar-refractivity contribution is -0.139. The highest BCUT2D eigenvalue weighted by Gasteiger charge is 2.34. The van der Waals surface area contributed by atoms with E-state index in [0.717, 1.165) is 36.4 Å². The third kappa shape index (κ3) is 6.99. The van der Waals surface area contributed by atoms with Crippen molar-refractivity contribution in [2.45, 2.75) is 41.7 Å². The number of rotatable bonds is 7. The molecule has 4 aromatic rings. The van der Waals surface area contributed by atoms with Gasteiger partial charge in [-0.1, -0.05) is 42.1 Å². The van der Waals surface area contributed by atoms with Gasteiger partial charge in [0.1, 0.15) is 5.75 Å². The van der Waals surface area contributed by atoms with Gasteiger partial charge in [0.2, 0.25) is 5.91 Å². The van der Waals surface area contributed by atoms with E-state index in [0.29, 0.717) is 40.4 Å². The van der Waals surface area contributed by atoms with Crippen LogP contribution in [0, 0.1) is 6.57 Å². The van der Waals surface area contributed by atoms with Gasteiger partial charge in [0.05, 0.1) is 17.8 Å². The van der Waals surface area contributed by atoms with Crippen molar-refractivity contribution in [2.24, 2.45) is 0 Å². The van der Waals surface area contributed by atoms with Crippen LogP contribution in [0.25, 0.3) is 4.85 Å². The number of nitrogens with one attached hydrogen (secondary N) is 1. The molecule has 0 aliphatic carbocycles. The number of para-hydroxylation sites is 1. The number of halogens is 3. The van der Waals surface area contributed by atoms with Crippen LogP contribution >= 0.6 is 23.1 Å². The second-order valence-electron chi connectivity index (χ2n) is 9.31. The summed E-state index contributed by atoms with van der Waals surface area (Å²) >= 11 is 2.31. The predicted molar refractivity (Wildman–Crippen MR) is 152 cm³/mol. The maximum Gasteiger partial charge on any atom is 0.416 e. The molecular formula is C29H24F3N5O2S2. The number of hydrogen-bond donors (Lipinski definition) is 1. The van der Waals surface area contributed by atoms with Gasteiger partial charge >= 0.3 is 6.18 Å². The van der Waals surface area contributed by atoms with Crippen LogP contribution in [0.2, 0.25) is 0 Å². The lowest BCUT2D eigenvalue weighted by Crippen LogP contribution is -2.36. The standard InChI is InChI=1S/C29H24F3N5O2S2/c1-18(38)37-12-10-19(11-13-37)24-17-40-28(35-24)36-27-25(39-21-6-4-3-5-7-21)15-22(16-34-27)41-26-9-8-20(33-2)14-23(26)29(30,31)32/h3-9,14-17,19H,10-13H2,1H3,(H,34,35,36). The average molecular weight is 596 g/mol. The highest BCUT2D eigenvalue weighted by molar-refractivity contribution is 7.99. The second kappa shape index (κ2) is 12.2. The molecule has 0 saturated carbocycles. The molecule has 2 aromatic carbocycles. The van der Waals surface area contributed by atoms with E-state index in [4.69, 9.17) is 16.3 Å². The molecule has 2 aromatic heterocycles. The molecule has 1 fully saturated rings. The molecule has 0 atom stereocenters. The van der Waals surface area contributed by atoms with Gasteiger partial charge < -0.3 is 15.0 Å². The first-order chi connectivity index (χ1) is 19.7. The number of thiazole rings is 1. The second-order valence-corrected chi connectivity index (χ2v) is 11.3. The number of pyridine rings is 1. The van der Waals surface area contributed by atoms with E-state index in [1.807, 2.05) is 28.5 Å². The summed E-state index contributed by atoms with van der Waals surface area (Å²) in [6, 6.07) is 14.1. The van der Waals surface area contributed by atoms with E-state index in [1.165, 1.54) is 29.7 Å². The number of carbonyl (C=O) groups is 1. The number of alkyl halides is 3. The molecule has 1 amide bonds. The maximum absolute atomic E-state index is 13.7. The number of benzene rings is 2. The molecule has 3 heterocycles. The van der Waals surface area contributed by atoms with Crippen LogP contribution in [0.1, 0.15) is 36.9 Å². The van der Waals surface area contributed by atoms with Crippen LogP contribution in [0.4, 0.5) is 29.8 Å². The van der Waals surface area contributed by atoms with Crippen molar-refractivity contribution in [1.29, 1.82) is 0 Å². The Kier molecular flexibility index (Phi) is 8.46. The monoisotopic (exact) mass is 595 g/mol. The van der Waals surface area contributed by atoms with Crippen molar-refractivity contribution in [1.82, 2.24) is 14.9 Å². The number of likely N-dealkylation sites (tertiary alicyclic amines) is 1. The van der Waals surface area contributed by atoms with Crippen molar-refractivity contribution in [2.75, 3.05) is 18.4 Å². The Bertz CT molecular complexity index is 1580. The lowest BCUT2D eigenvalue weighted by atomic mass is 9.94. The van der Waals surface area contributed by atoms with Crippen LogP contribution in [-0.4, -0.2) is 33.9 Å². The number of carbonyl (C=O) groups excluding carboxylic acids is 1. The fourth-order valence-electron chi connectivity index (χ4n) is 4.42. The highest BCUT2D eigenvalue weighted by atomic mass is 32.2. The minimum absolute atomic E-state index is 0.0431. The third-order valence-electron chi connectivity index (χ3n) is 6.53. The first-order valence-corrected chi connectivity index (χ1v) is 14.4. The van der Waals surface area contributed by atoms with Gasteiger partial charge in [0.25, 0.3) is 0 Å². The lowest BCUT2D eigenvalue weighted by Gasteiger charge is -2.30. The number of hydrogen-bond acceptors (Lipinski definition) is 7. The molecule has 7 nitrogen and oxygen atoms in total. The molecule has 12 heteroatoms. The summed E-state index contributed by atoms with van der Waals surface area (Å²) in [5, 5.41) is 5.80. The number of aromatic nitrogens is 2. The topological polar surface area (TPSA) is 71.7 Å². The number of ether oxygens (including phenoxy) is 1. The fraction of sp³-hybridized carbons (Fsp3) is 0.241. The van der Waals surface area contributed by atoms with E-state index in [9.17, 15) is 18.0 Å². The van der Waals surface area contributed by atoms with Gasteiger partial charge in [-0.2, -0.15) is 13.2 Å². The maximum atomic E-state index is 13.7. The van der Waals surface area contributed by atoms with E-state index >= 15 is 0 Å². The molecule has 0 unspecified atom stereocenters. The van der Waals surface area contributed by atoms with Crippen LogP contribution in [0.3, 0.4) is 0 Å². The largest absolute Gasteiger partial charge is 0.453 e. The summed E-state index contributed by atoms with van der Waals surface area (Å²) in [5.41, 5.74) is -0.0196. The molecule has 210 valence electrons. The molecule has 1 aliphatic heterocycles. The summed E-state index contributed by atoms with van der Waals surface area (Å²) in [4.78, 5) is 26.2. The summed E-state index contributed by atoms with van der Waals surface area (Å²) in [6.45, 7) is 10.1. The SMILES string of the molecule is [C-]#[N+]c1ccc(Sc2cnc(Nc3nc(C4CCN(C(C)=O)CC4)cs3)c(Oc3ccccc3)c2)c(C(F)(F)F)c1. The van der Waals surface area contributed by atoms with Gasteiger partial charge in [0, 0.05) is 53.4 Å². The normalized spacial score (nSPS) is 14.0. The summed E-state index contributed by atoms with van der Waals surface area (Å²) in [5.74, 6) is 1.55. The van der Waals surface area contributed by atoms with Crippen molar-refractivity contribution >= 4 is 45.6 Å². The molecule has 1 aliphatic rings. The number of amides is 1. The molecule has 5 rings (SSSR count). The molecule has 1 saturated heterocycles. The Labute approximate surface area is 243 Å². The van der Waals surface area contributed by atoms with E-state index in [1.54, 1.807) is 25.1 Å². The van der Waals surface area contributed by atoms with Crippen molar-refractivity contribution in [3.63, 3.8) is 0 Å². The van der Waals surface area contributed by atoms with Gasteiger partial charge in [-0.25, -0.2) is 14.8 Å². The van der Waals surface area contributed by atoms with Gasteiger partial charge in [-0.05, 0) is 31.0 Å². The Hall–Kier alpha value is -4.08. The van der Waals surface area contributed by atoms with Gasteiger partial charge in [-0.15, -0.1) is 11.3 Å². The summed E-state index contributed by atoms with van der Waals surface area (Å²) in [7, 11) is 0. The Morgan fingerprint density at radius 2 is 1.93 bits per heavy atom. The first-order valence-electron chi connectivity index (χ1n) is 12.7. The van der Waals surface area contributed by atoms with Crippen LogP contribution in [-0.2, 0) is 11.0 Å². The van der Waals surface area contributed by atoms with Gasteiger partial charge in [0.15, 0.2) is 22.4 Å². The molecule has 0 bridgehead atoms. The molecular weight excluding hydrogens is 571 g/mol. The Morgan fingerprint density at radius 1 is 1.17 bits per heavy atom. The van der Waals surface area contributed by atoms with Crippen LogP contribution in [0.5, 0.6) is 11.5 Å². The van der Waals surface area contributed by atoms with Crippen LogP contribution < -0.4 is 10.1 Å². The van der Waals surface area contributed by atoms with Crippen LogP contribution in [0.15, 0.2) is 76.0 Å². The zero-order valence-electron chi connectivity index (χ0n) is 21.8. The number of anilines is 2. The van der Waals surface area contributed by atoms with Crippen molar-refractivity contribution in [3.05, 3.63) is 88.8 Å². The van der Waals surface area contributed by atoms with Gasteiger partial charge in [-0.3, -0.25) is 4.79 Å². The van der Waals surface area contributed by atoms with E-state index in [2.05, 4.69) is 15.1 Å². The number of piperidine rings is 1. The predicted octanol–water partition coefficient (Wildman–Crippen LogP) is 8.52. The Balaban J connectivity index is 1.40. The third-order valence-corrected chi connectivity index (χ3v) is 8.34. The summed E-state index contributed by atoms with van der Waals surface area (Å²) < 4.78 is 47.3.